The number of rotatable bonds is 8. The molecule has 0 radical (unpaired) electrons. The van der Waals surface area contributed by atoms with Crippen molar-refractivity contribution in [1.82, 2.24) is 19.7 Å². The summed E-state index contributed by atoms with van der Waals surface area (Å²) in [6.45, 7) is 13.9. The molecule has 0 aliphatic heterocycles. The highest BCUT2D eigenvalue weighted by atomic mass is 28.4. The van der Waals surface area contributed by atoms with Gasteiger partial charge in [0, 0.05) is 17.0 Å². The van der Waals surface area contributed by atoms with Crippen LogP contribution in [0.4, 0.5) is 0 Å². The van der Waals surface area contributed by atoms with E-state index in [1.54, 1.807) is 0 Å². The molecule has 0 saturated heterocycles. The Balaban J connectivity index is 1.64. The quantitative estimate of drug-likeness (QED) is 0.276. The summed E-state index contributed by atoms with van der Waals surface area (Å²) < 4.78 is 8.28. The van der Waals surface area contributed by atoms with Gasteiger partial charge >= 0.3 is 0 Å². The molecule has 0 spiro atoms. The van der Waals surface area contributed by atoms with E-state index in [4.69, 9.17) is 20.1 Å². The Bertz CT molecular complexity index is 1310. The fourth-order valence-electron chi connectivity index (χ4n) is 3.77. The molecule has 2 N–H and O–H groups in total. The van der Waals surface area contributed by atoms with Crippen molar-refractivity contribution < 1.29 is 4.43 Å². The van der Waals surface area contributed by atoms with E-state index in [0.717, 1.165) is 52.2 Å². The van der Waals surface area contributed by atoms with Crippen LogP contribution in [0.3, 0.4) is 0 Å². The normalized spacial score (nSPS) is 13.3. The molecule has 184 valence electrons. The predicted octanol–water partition coefficient (Wildman–Crippen LogP) is 6.80. The molecular weight excluding hydrogens is 450 g/mol. The van der Waals surface area contributed by atoms with E-state index in [9.17, 15) is 0 Å². The molecule has 6 nitrogen and oxygen atoms in total. The third kappa shape index (κ3) is 5.53. The van der Waals surface area contributed by atoms with Gasteiger partial charge in [-0.25, -0.2) is 9.67 Å². The molecule has 3 heterocycles. The zero-order chi connectivity index (χ0) is 25.2. The maximum Gasteiger partial charge on any atom is 0.192 e. The topological polar surface area (TPSA) is 78.8 Å². The van der Waals surface area contributed by atoms with Gasteiger partial charge in [0.25, 0.3) is 0 Å². The average Bonchev–Trinajstić information content (AvgIpc) is 3.26. The van der Waals surface area contributed by atoms with E-state index in [1.807, 2.05) is 47.3 Å². The standard InChI is InChI=1S/C28H37N5OSi/c1-7-10-23(29)25-13-9-12-24(32-25)20-15-16-21-18-30-33(26(21)17-20)27-14-8-11-22(31-27)19-34-35(5,6)28(2,3)4/h8-9,11-18,23H,7,10,19,29H2,1-6H3/t23-/m0/s1. The number of nitrogens with two attached hydrogens (primary N) is 1. The van der Waals surface area contributed by atoms with E-state index in [1.165, 1.54) is 0 Å². The van der Waals surface area contributed by atoms with Crippen molar-refractivity contribution in [3.05, 3.63) is 72.2 Å². The van der Waals surface area contributed by atoms with Crippen LogP contribution in [0.1, 0.15) is 58.0 Å². The van der Waals surface area contributed by atoms with E-state index < -0.39 is 8.32 Å². The molecule has 3 aromatic heterocycles. The van der Waals surface area contributed by atoms with Crippen molar-refractivity contribution in [2.24, 2.45) is 5.73 Å². The van der Waals surface area contributed by atoms with Gasteiger partial charge in [-0.2, -0.15) is 5.10 Å². The van der Waals surface area contributed by atoms with E-state index in [-0.39, 0.29) is 11.1 Å². The van der Waals surface area contributed by atoms with Crippen LogP contribution < -0.4 is 5.73 Å². The maximum atomic E-state index is 6.39. The predicted molar refractivity (Wildman–Crippen MR) is 146 cm³/mol. The Kier molecular flexibility index (Phi) is 7.21. The zero-order valence-corrected chi connectivity index (χ0v) is 22.7. The molecule has 0 bridgehead atoms. The smallest absolute Gasteiger partial charge is 0.192 e. The second-order valence-electron chi connectivity index (χ2n) is 10.7. The van der Waals surface area contributed by atoms with Crippen molar-refractivity contribution in [3.8, 4) is 17.1 Å². The lowest BCUT2D eigenvalue weighted by Crippen LogP contribution is -2.40. The fourth-order valence-corrected chi connectivity index (χ4v) is 4.72. The van der Waals surface area contributed by atoms with E-state index in [2.05, 4.69) is 64.1 Å². The minimum Gasteiger partial charge on any atom is -0.411 e. The lowest BCUT2D eigenvalue weighted by atomic mass is 10.1. The van der Waals surface area contributed by atoms with Crippen molar-refractivity contribution in [2.75, 3.05) is 0 Å². The molecule has 0 amide bonds. The van der Waals surface area contributed by atoms with Crippen LogP contribution >= 0.6 is 0 Å². The SMILES string of the molecule is CCC[C@H](N)c1cccc(-c2ccc3cnn(-c4cccc(CO[Si](C)(C)C(C)(C)C)n4)c3c2)n1. The summed E-state index contributed by atoms with van der Waals surface area (Å²) in [6.07, 6.45) is 3.83. The van der Waals surface area contributed by atoms with Gasteiger partial charge < -0.3 is 10.2 Å². The molecule has 0 saturated carbocycles. The van der Waals surface area contributed by atoms with E-state index >= 15 is 0 Å². The minimum atomic E-state index is -1.86. The largest absolute Gasteiger partial charge is 0.411 e. The Hall–Kier alpha value is -2.87. The van der Waals surface area contributed by atoms with Crippen LogP contribution in [0.2, 0.25) is 18.1 Å². The molecule has 0 aliphatic carbocycles. The van der Waals surface area contributed by atoms with Crippen LogP contribution in [0.5, 0.6) is 0 Å². The van der Waals surface area contributed by atoms with Gasteiger partial charge in [-0.05, 0) is 54.9 Å². The first-order valence-electron chi connectivity index (χ1n) is 12.4. The molecule has 7 heteroatoms. The van der Waals surface area contributed by atoms with Gasteiger partial charge in [0.15, 0.2) is 14.1 Å². The zero-order valence-electron chi connectivity index (χ0n) is 21.7. The second kappa shape index (κ2) is 10.0. The fraction of sp³-hybridized carbons (Fsp3) is 0.393. The molecule has 0 aliphatic rings. The summed E-state index contributed by atoms with van der Waals surface area (Å²) in [5.41, 5.74) is 11.1. The Labute approximate surface area is 209 Å². The monoisotopic (exact) mass is 487 g/mol. The highest BCUT2D eigenvalue weighted by molar-refractivity contribution is 6.74. The highest BCUT2D eigenvalue weighted by Crippen LogP contribution is 2.37. The van der Waals surface area contributed by atoms with Gasteiger partial charge in [-0.15, -0.1) is 0 Å². The van der Waals surface area contributed by atoms with Crippen LogP contribution in [0, 0.1) is 0 Å². The minimum absolute atomic E-state index is 0.0466. The lowest BCUT2D eigenvalue weighted by molar-refractivity contribution is 0.272. The summed E-state index contributed by atoms with van der Waals surface area (Å²) in [6, 6.07) is 18.3. The summed E-state index contributed by atoms with van der Waals surface area (Å²) in [5, 5.41) is 5.85. The van der Waals surface area contributed by atoms with Gasteiger partial charge in [0.05, 0.1) is 35.4 Å². The third-order valence-electron chi connectivity index (χ3n) is 7.01. The molecule has 0 unspecified atom stereocenters. The number of fused-ring (bicyclic) bond motifs is 1. The molecule has 1 atom stereocenters. The highest BCUT2D eigenvalue weighted by Gasteiger charge is 2.37. The van der Waals surface area contributed by atoms with Crippen molar-refractivity contribution in [1.29, 1.82) is 0 Å². The van der Waals surface area contributed by atoms with E-state index in [0.29, 0.717) is 6.61 Å². The first-order chi connectivity index (χ1) is 16.6. The van der Waals surface area contributed by atoms with Gasteiger partial charge in [-0.1, -0.05) is 58.4 Å². The van der Waals surface area contributed by atoms with Crippen LogP contribution in [-0.4, -0.2) is 28.1 Å². The number of hydrogen-bond donors (Lipinski definition) is 1. The van der Waals surface area contributed by atoms with Crippen molar-refractivity contribution >= 4 is 19.2 Å². The van der Waals surface area contributed by atoms with Gasteiger partial charge in [-0.3, -0.25) is 4.98 Å². The summed E-state index contributed by atoms with van der Waals surface area (Å²) in [4.78, 5) is 9.73. The number of benzene rings is 1. The molecule has 1 aromatic carbocycles. The summed E-state index contributed by atoms with van der Waals surface area (Å²) in [5.74, 6) is 0.778. The second-order valence-corrected chi connectivity index (χ2v) is 15.5. The molecule has 4 rings (SSSR count). The molecule has 0 fully saturated rings. The van der Waals surface area contributed by atoms with Crippen LogP contribution in [-0.2, 0) is 11.0 Å². The van der Waals surface area contributed by atoms with Crippen molar-refractivity contribution in [3.63, 3.8) is 0 Å². The first-order valence-corrected chi connectivity index (χ1v) is 15.3. The lowest BCUT2D eigenvalue weighted by Gasteiger charge is -2.36. The van der Waals surface area contributed by atoms with Gasteiger partial charge in [0.2, 0.25) is 0 Å². The molecule has 4 aromatic rings. The van der Waals surface area contributed by atoms with Crippen molar-refractivity contribution in [2.45, 2.75) is 71.3 Å². The maximum absolute atomic E-state index is 6.39. The Morgan fingerprint density at radius 2 is 1.80 bits per heavy atom. The number of hydrogen-bond acceptors (Lipinski definition) is 5. The molecular formula is C28H37N5OSi. The molecule has 35 heavy (non-hydrogen) atoms. The first kappa shape index (κ1) is 25.2. The third-order valence-corrected chi connectivity index (χ3v) is 11.5. The van der Waals surface area contributed by atoms with Crippen LogP contribution in [0.15, 0.2) is 60.8 Å². The van der Waals surface area contributed by atoms with Crippen LogP contribution in [0.25, 0.3) is 28.0 Å². The summed E-state index contributed by atoms with van der Waals surface area (Å²) >= 11 is 0. The number of pyridine rings is 2. The Morgan fingerprint density at radius 3 is 2.54 bits per heavy atom. The number of aromatic nitrogens is 4. The number of nitrogens with zero attached hydrogens (tertiary/aromatic N) is 4. The summed E-state index contributed by atoms with van der Waals surface area (Å²) in [7, 11) is -1.86. The van der Waals surface area contributed by atoms with Gasteiger partial charge in [0.1, 0.15) is 0 Å². The Morgan fingerprint density at radius 1 is 1.03 bits per heavy atom. The average molecular weight is 488 g/mol.